The van der Waals surface area contributed by atoms with Gasteiger partial charge in [0.1, 0.15) is 6.04 Å². The van der Waals surface area contributed by atoms with Gasteiger partial charge in [-0.15, -0.1) is 0 Å². The van der Waals surface area contributed by atoms with E-state index < -0.39 is 5.41 Å². The Morgan fingerprint density at radius 2 is 1.95 bits per heavy atom. The van der Waals surface area contributed by atoms with Gasteiger partial charge in [-0.3, -0.25) is 9.59 Å². The molecule has 0 aromatic heterocycles. The molecule has 2 amide bonds. The van der Waals surface area contributed by atoms with E-state index in [2.05, 4.69) is 10.6 Å². The van der Waals surface area contributed by atoms with Crippen LogP contribution in [-0.4, -0.2) is 49.4 Å². The van der Waals surface area contributed by atoms with Crippen molar-refractivity contribution in [1.29, 1.82) is 0 Å². The molecule has 2 heterocycles. The molecule has 2 N–H and O–H groups in total. The van der Waals surface area contributed by atoms with Gasteiger partial charge in [-0.25, -0.2) is 0 Å². The average molecular weight is 295 g/mol. The van der Waals surface area contributed by atoms with Gasteiger partial charge in [0, 0.05) is 19.0 Å². The molecule has 2 unspecified atom stereocenters. The van der Waals surface area contributed by atoms with Gasteiger partial charge in [0.25, 0.3) is 0 Å². The fourth-order valence-electron chi connectivity index (χ4n) is 3.63. The Bertz CT molecular complexity index is 389. The number of hydrogen-bond acceptors (Lipinski definition) is 3. The lowest BCUT2D eigenvalue weighted by Crippen LogP contribution is -2.57. The lowest BCUT2D eigenvalue weighted by Gasteiger charge is -2.43. The molecule has 2 fully saturated rings. The SMILES string of the molecule is CNC(=O)C1CCCCN1C(=O)C(C)(C)C1CCCNC1. The zero-order valence-corrected chi connectivity index (χ0v) is 13.6. The highest BCUT2D eigenvalue weighted by molar-refractivity contribution is 5.90. The highest BCUT2D eigenvalue weighted by atomic mass is 16.2. The Balaban J connectivity index is 2.13. The number of piperidine rings is 2. The second kappa shape index (κ2) is 6.77. The van der Waals surface area contributed by atoms with Crippen molar-refractivity contribution >= 4 is 11.8 Å². The van der Waals surface area contributed by atoms with Crippen LogP contribution in [0.4, 0.5) is 0 Å². The first-order chi connectivity index (χ1) is 9.98. The number of nitrogens with one attached hydrogen (secondary N) is 2. The Morgan fingerprint density at radius 3 is 2.57 bits per heavy atom. The van der Waals surface area contributed by atoms with Gasteiger partial charge in [-0.2, -0.15) is 0 Å². The summed E-state index contributed by atoms with van der Waals surface area (Å²) < 4.78 is 0. The molecule has 0 bridgehead atoms. The second-order valence-electron chi connectivity index (χ2n) is 6.89. The van der Waals surface area contributed by atoms with E-state index in [4.69, 9.17) is 0 Å². The third-order valence-corrected chi connectivity index (χ3v) is 5.18. The van der Waals surface area contributed by atoms with Gasteiger partial charge in [0.2, 0.25) is 11.8 Å². The third kappa shape index (κ3) is 3.39. The predicted molar refractivity (Wildman–Crippen MR) is 82.8 cm³/mol. The largest absolute Gasteiger partial charge is 0.357 e. The molecule has 0 spiro atoms. The zero-order valence-electron chi connectivity index (χ0n) is 13.6. The van der Waals surface area contributed by atoms with Crippen molar-refractivity contribution in [3.05, 3.63) is 0 Å². The molecule has 2 atom stereocenters. The maximum absolute atomic E-state index is 13.1. The maximum atomic E-state index is 13.1. The highest BCUT2D eigenvalue weighted by Gasteiger charge is 2.43. The average Bonchev–Trinajstić information content (AvgIpc) is 2.54. The number of likely N-dealkylation sites (N-methyl/N-ethyl adjacent to an activating group) is 1. The summed E-state index contributed by atoms with van der Waals surface area (Å²) in [5.41, 5.74) is -0.406. The molecular weight excluding hydrogens is 266 g/mol. The lowest BCUT2D eigenvalue weighted by atomic mass is 9.73. The summed E-state index contributed by atoms with van der Waals surface area (Å²) in [7, 11) is 1.65. The Morgan fingerprint density at radius 1 is 1.19 bits per heavy atom. The van der Waals surface area contributed by atoms with Crippen LogP contribution >= 0.6 is 0 Å². The monoisotopic (exact) mass is 295 g/mol. The number of likely N-dealkylation sites (tertiary alicyclic amines) is 1. The number of hydrogen-bond donors (Lipinski definition) is 2. The molecule has 2 aliphatic rings. The van der Waals surface area contributed by atoms with E-state index in [1.807, 2.05) is 18.7 Å². The van der Waals surface area contributed by atoms with E-state index in [-0.39, 0.29) is 17.9 Å². The molecule has 5 nitrogen and oxygen atoms in total. The van der Waals surface area contributed by atoms with Crippen LogP contribution in [0.3, 0.4) is 0 Å². The summed E-state index contributed by atoms with van der Waals surface area (Å²) in [6.07, 6.45) is 5.01. The smallest absolute Gasteiger partial charge is 0.242 e. The van der Waals surface area contributed by atoms with Crippen LogP contribution in [0.25, 0.3) is 0 Å². The molecule has 0 radical (unpaired) electrons. The van der Waals surface area contributed by atoms with Gasteiger partial charge in [-0.1, -0.05) is 13.8 Å². The molecule has 5 heteroatoms. The van der Waals surface area contributed by atoms with Crippen molar-refractivity contribution in [1.82, 2.24) is 15.5 Å². The zero-order chi connectivity index (χ0) is 15.5. The molecule has 2 saturated heterocycles. The number of nitrogens with zero attached hydrogens (tertiary/aromatic N) is 1. The van der Waals surface area contributed by atoms with Crippen LogP contribution in [0, 0.1) is 11.3 Å². The van der Waals surface area contributed by atoms with E-state index in [9.17, 15) is 9.59 Å². The van der Waals surface area contributed by atoms with Gasteiger partial charge < -0.3 is 15.5 Å². The molecule has 2 aliphatic heterocycles. The van der Waals surface area contributed by atoms with Crippen LogP contribution in [0.15, 0.2) is 0 Å². The minimum Gasteiger partial charge on any atom is -0.357 e. The van der Waals surface area contributed by atoms with Crippen LogP contribution in [-0.2, 0) is 9.59 Å². The number of carbonyl (C=O) groups excluding carboxylic acids is 2. The first-order valence-corrected chi connectivity index (χ1v) is 8.22. The van der Waals surface area contributed by atoms with Crippen LogP contribution < -0.4 is 10.6 Å². The van der Waals surface area contributed by atoms with E-state index >= 15 is 0 Å². The van der Waals surface area contributed by atoms with Gasteiger partial charge in [-0.05, 0) is 51.1 Å². The summed E-state index contributed by atoms with van der Waals surface area (Å²) in [4.78, 5) is 27.0. The van der Waals surface area contributed by atoms with Gasteiger partial charge >= 0.3 is 0 Å². The van der Waals surface area contributed by atoms with Crippen molar-refractivity contribution < 1.29 is 9.59 Å². The van der Waals surface area contributed by atoms with Crippen molar-refractivity contribution in [3.63, 3.8) is 0 Å². The molecule has 2 rings (SSSR count). The van der Waals surface area contributed by atoms with Crippen molar-refractivity contribution in [2.24, 2.45) is 11.3 Å². The normalized spacial score (nSPS) is 27.3. The van der Waals surface area contributed by atoms with Crippen molar-refractivity contribution in [2.75, 3.05) is 26.7 Å². The Kier molecular flexibility index (Phi) is 5.25. The predicted octanol–water partition coefficient (Wildman–Crippen LogP) is 1.14. The quantitative estimate of drug-likeness (QED) is 0.821. The fraction of sp³-hybridized carbons (Fsp3) is 0.875. The third-order valence-electron chi connectivity index (χ3n) is 5.18. The molecule has 0 aliphatic carbocycles. The van der Waals surface area contributed by atoms with E-state index in [1.165, 1.54) is 0 Å². The first-order valence-electron chi connectivity index (χ1n) is 8.22. The standard InChI is InChI=1S/C16H29N3O2/c1-16(2,12-7-6-9-18-11-12)15(21)19-10-5-4-8-13(19)14(20)17-3/h12-13,18H,4-11H2,1-3H3,(H,17,20). The van der Waals surface area contributed by atoms with E-state index in [0.29, 0.717) is 12.5 Å². The summed E-state index contributed by atoms with van der Waals surface area (Å²) in [6.45, 7) is 6.74. The fourth-order valence-corrected chi connectivity index (χ4v) is 3.63. The highest BCUT2D eigenvalue weighted by Crippen LogP contribution is 2.35. The topological polar surface area (TPSA) is 61.4 Å². The molecular formula is C16H29N3O2. The summed E-state index contributed by atoms with van der Waals surface area (Å²) in [5.74, 6) is 0.469. The minimum absolute atomic E-state index is 0.0272. The minimum atomic E-state index is -0.406. The Labute approximate surface area is 127 Å². The van der Waals surface area contributed by atoms with E-state index in [0.717, 1.165) is 45.2 Å². The van der Waals surface area contributed by atoms with E-state index in [1.54, 1.807) is 7.05 Å². The van der Waals surface area contributed by atoms with Crippen LogP contribution in [0.2, 0.25) is 0 Å². The van der Waals surface area contributed by atoms with Crippen molar-refractivity contribution in [2.45, 2.75) is 52.0 Å². The maximum Gasteiger partial charge on any atom is 0.242 e. The molecule has 21 heavy (non-hydrogen) atoms. The summed E-state index contributed by atoms with van der Waals surface area (Å²) in [5, 5.41) is 6.10. The van der Waals surface area contributed by atoms with Crippen molar-refractivity contribution in [3.8, 4) is 0 Å². The molecule has 0 aromatic carbocycles. The number of rotatable bonds is 3. The first kappa shape index (κ1) is 16.3. The molecule has 0 aromatic rings. The second-order valence-corrected chi connectivity index (χ2v) is 6.89. The molecule has 120 valence electrons. The lowest BCUT2D eigenvalue weighted by molar-refractivity contribution is -0.152. The number of amides is 2. The summed E-state index contributed by atoms with van der Waals surface area (Å²) in [6, 6.07) is -0.285. The van der Waals surface area contributed by atoms with Crippen LogP contribution in [0.1, 0.15) is 46.0 Å². The summed E-state index contributed by atoms with van der Waals surface area (Å²) >= 11 is 0. The number of carbonyl (C=O) groups is 2. The van der Waals surface area contributed by atoms with Crippen LogP contribution in [0.5, 0.6) is 0 Å². The van der Waals surface area contributed by atoms with Gasteiger partial charge in [0.05, 0.1) is 0 Å². The molecule has 0 saturated carbocycles. The Hall–Kier alpha value is -1.10. The van der Waals surface area contributed by atoms with Gasteiger partial charge in [0.15, 0.2) is 0 Å².